The number of ether oxygens (including phenoxy) is 2. The van der Waals surface area contributed by atoms with Crippen molar-refractivity contribution in [2.45, 2.75) is 32.2 Å². The molecule has 240 valence electrons. The van der Waals surface area contributed by atoms with Gasteiger partial charge in [0.2, 0.25) is 0 Å². The van der Waals surface area contributed by atoms with Crippen LogP contribution in [0.2, 0.25) is 0 Å². The Kier molecular flexibility index (Phi) is 9.69. The van der Waals surface area contributed by atoms with E-state index in [0.29, 0.717) is 54.1 Å². The van der Waals surface area contributed by atoms with Crippen molar-refractivity contribution in [3.05, 3.63) is 102 Å². The zero-order chi connectivity index (χ0) is 32.8. The van der Waals surface area contributed by atoms with E-state index in [-0.39, 0.29) is 23.8 Å². The van der Waals surface area contributed by atoms with Crippen LogP contribution in [0.4, 0.5) is 35.0 Å². The number of halogens is 3. The Morgan fingerprint density at radius 3 is 2.15 bits per heavy atom. The second-order valence-electron chi connectivity index (χ2n) is 11.2. The third-order valence-electron chi connectivity index (χ3n) is 7.65. The van der Waals surface area contributed by atoms with Crippen molar-refractivity contribution in [1.29, 1.82) is 0 Å². The number of carbonyl (C=O) groups is 2. The van der Waals surface area contributed by atoms with Gasteiger partial charge in [0, 0.05) is 68.7 Å². The summed E-state index contributed by atoms with van der Waals surface area (Å²) in [6.07, 6.45) is -3.57. The van der Waals surface area contributed by atoms with Crippen LogP contribution in [0.3, 0.4) is 0 Å². The van der Waals surface area contributed by atoms with Crippen LogP contribution in [-0.4, -0.2) is 56.5 Å². The van der Waals surface area contributed by atoms with Crippen LogP contribution in [-0.2, 0) is 0 Å². The summed E-state index contributed by atoms with van der Waals surface area (Å²) in [6.45, 7) is 2.92. The van der Waals surface area contributed by atoms with E-state index in [2.05, 4.69) is 15.4 Å². The molecule has 1 fully saturated rings. The Morgan fingerprint density at radius 2 is 1.50 bits per heavy atom. The minimum atomic E-state index is -4.79. The SMILES string of the molecule is Cc1cccc(C(=O)Nc2cccc(OC3CCN(C(=O)Nc4ccc(N(C)C)cc4)CC3)c2)c1-c1ccc(OC(F)(F)F)cc1. The van der Waals surface area contributed by atoms with E-state index in [1.54, 1.807) is 35.2 Å². The Bertz CT molecular complexity index is 1670. The van der Waals surface area contributed by atoms with E-state index in [1.165, 1.54) is 24.3 Å². The summed E-state index contributed by atoms with van der Waals surface area (Å²) in [4.78, 5) is 30.0. The van der Waals surface area contributed by atoms with Crippen molar-refractivity contribution >= 4 is 29.0 Å². The van der Waals surface area contributed by atoms with Gasteiger partial charge in [-0.3, -0.25) is 4.79 Å². The van der Waals surface area contributed by atoms with Gasteiger partial charge < -0.3 is 29.9 Å². The number of rotatable bonds is 8. The highest BCUT2D eigenvalue weighted by atomic mass is 19.4. The second-order valence-corrected chi connectivity index (χ2v) is 11.2. The molecule has 5 rings (SSSR count). The molecule has 0 unspecified atom stereocenters. The number of piperidine rings is 1. The van der Waals surface area contributed by atoms with Gasteiger partial charge >= 0.3 is 12.4 Å². The molecular weight excluding hydrogens is 597 g/mol. The van der Waals surface area contributed by atoms with E-state index in [1.807, 2.05) is 62.3 Å². The number of likely N-dealkylation sites (tertiary alicyclic amines) is 1. The van der Waals surface area contributed by atoms with E-state index >= 15 is 0 Å². The molecule has 0 atom stereocenters. The third kappa shape index (κ3) is 8.29. The van der Waals surface area contributed by atoms with E-state index in [9.17, 15) is 22.8 Å². The molecular formula is C35H35F3N4O4. The van der Waals surface area contributed by atoms with Crippen LogP contribution >= 0.6 is 0 Å². The summed E-state index contributed by atoms with van der Waals surface area (Å²) >= 11 is 0. The molecule has 0 aromatic heterocycles. The number of hydrogen-bond acceptors (Lipinski definition) is 5. The molecule has 0 saturated carbocycles. The number of alkyl halides is 3. The third-order valence-corrected chi connectivity index (χ3v) is 7.65. The van der Waals surface area contributed by atoms with Gasteiger partial charge in [-0.15, -0.1) is 13.2 Å². The number of amides is 3. The average Bonchev–Trinajstić information content (AvgIpc) is 3.01. The number of nitrogens with one attached hydrogen (secondary N) is 2. The highest BCUT2D eigenvalue weighted by Crippen LogP contribution is 2.32. The Morgan fingerprint density at radius 1 is 0.826 bits per heavy atom. The topological polar surface area (TPSA) is 83.1 Å². The van der Waals surface area contributed by atoms with Gasteiger partial charge in [0.1, 0.15) is 17.6 Å². The van der Waals surface area contributed by atoms with E-state index in [4.69, 9.17) is 4.74 Å². The number of benzene rings is 4. The highest BCUT2D eigenvalue weighted by molar-refractivity contribution is 6.09. The molecule has 11 heteroatoms. The minimum Gasteiger partial charge on any atom is -0.490 e. The van der Waals surface area contributed by atoms with Crippen LogP contribution in [0.5, 0.6) is 11.5 Å². The van der Waals surface area contributed by atoms with Gasteiger partial charge in [-0.25, -0.2) is 4.79 Å². The molecule has 3 amide bonds. The van der Waals surface area contributed by atoms with Crippen LogP contribution in [0.15, 0.2) is 91.0 Å². The fourth-order valence-corrected chi connectivity index (χ4v) is 5.32. The zero-order valence-electron chi connectivity index (χ0n) is 25.7. The van der Waals surface area contributed by atoms with Crippen LogP contribution in [0.25, 0.3) is 11.1 Å². The summed E-state index contributed by atoms with van der Waals surface area (Å²) in [5, 5.41) is 5.86. The molecule has 1 heterocycles. The smallest absolute Gasteiger partial charge is 0.490 e. The number of urea groups is 1. The Hall–Kier alpha value is -5.19. The van der Waals surface area contributed by atoms with E-state index < -0.39 is 6.36 Å². The lowest BCUT2D eigenvalue weighted by Crippen LogP contribution is -2.43. The minimum absolute atomic E-state index is 0.0953. The van der Waals surface area contributed by atoms with Crippen molar-refractivity contribution in [3.63, 3.8) is 0 Å². The molecule has 8 nitrogen and oxygen atoms in total. The fourth-order valence-electron chi connectivity index (χ4n) is 5.32. The largest absolute Gasteiger partial charge is 0.573 e. The summed E-state index contributed by atoms with van der Waals surface area (Å²) in [5.74, 6) is -0.124. The summed E-state index contributed by atoms with van der Waals surface area (Å²) in [6, 6.07) is 25.3. The van der Waals surface area contributed by atoms with Crippen molar-refractivity contribution in [2.24, 2.45) is 0 Å². The highest BCUT2D eigenvalue weighted by Gasteiger charge is 2.31. The molecule has 2 N–H and O–H groups in total. The van der Waals surface area contributed by atoms with Crippen LogP contribution in [0, 0.1) is 6.92 Å². The summed E-state index contributed by atoms with van der Waals surface area (Å²) in [7, 11) is 3.92. The van der Waals surface area contributed by atoms with Crippen LogP contribution < -0.4 is 25.0 Å². The molecule has 0 spiro atoms. The van der Waals surface area contributed by atoms with Gasteiger partial charge in [0.25, 0.3) is 5.91 Å². The van der Waals surface area contributed by atoms with Crippen molar-refractivity contribution in [2.75, 3.05) is 42.7 Å². The molecule has 46 heavy (non-hydrogen) atoms. The molecule has 1 aliphatic heterocycles. The number of nitrogens with zero attached hydrogens (tertiary/aromatic N) is 2. The standard InChI is InChI=1S/C35H35F3N4O4/c1-23-6-4-9-31(32(23)24-10-16-29(17-11-24)46-35(36,37)38)33(43)39-26-7-5-8-30(22-26)45-28-18-20-42(21-19-28)34(44)40-25-12-14-27(15-13-25)41(2)3/h4-17,22,28H,18-21H2,1-3H3,(H,39,43)(H,40,44). The second kappa shape index (κ2) is 13.8. The molecule has 0 bridgehead atoms. The lowest BCUT2D eigenvalue weighted by molar-refractivity contribution is -0.274. The maximum absolute atomic E-state index is 13.4. The normalized spacial score (nSPS) is 13.6. The number of aryl methyl sites for hydroxylation is 1. The molecule has 1 aliphatic rings. The lowest BCUT2D eigenvalue weighted by Gasteiger charge is -2.32. The quantitative estimate of drug-likeness (QED) is 0.206. The maximum atomic E-state index is 13.4. The van der Waals surface area contributed by atoms with Gasteiger partial charge in [0.15, 0.2) is 0 Å². The predicted molar refractivity (Wildman–Crippen MR) is 173 cm³/mol. The Balaban J connectivity index is 1.18. The monoisotopic (exact) mass is 632 g/mol. The number of carbonyl (C=O) groups excluding carboxylic acids is 2. The number of hydrogen-bond donors (Lipinski definition) is 2. The predicted octanol–water partition coefficient (Wildman–Crippen LogP) is 7.95. The molecule has 4 aromatic carbocycles. The zero-order valence-corrected chi connectivity index (χ0v) is 25.7. The van der Waals surface area contributed by atoms with Gasteiger partial charge in [-0.05, 0) is 78.2 Å². The van der Waals surface area contributed by atoms with Gasteiger partial charge in [-0.1, -0.05) is 30.3 Å². The molecule has 1 saturated heterocycles. The first-order chi connectivity index (χ1) is 21.9. The molecule has 0 aliphatic carbocycles. The fraction of sp³-hybridized carbons (Fsp3) is 0.257. The van der Waals surface area contributed by atoms with Crippen molar-refractivity contribution in [3.8, 4) is 22.6 Å². The summed E-state index contributed by atoms with van der Waals surface area (Å²) in [5.41, 5.74) is 4.66. The first kappa shape index (κ1) is 32.2. The van der Waals surface area contributed by atoms with Crippen molar-refractivity contribution < 1.29 is 32.2 Å². The van der Waals surface area contributed by atoms with Crippen molar-refractivity contribution in [1.82, 2.24) is 4.90 Å². The summed E-state index contributed by atoms with van der Waals surface area (Å²) < 4.78 is 48.0. The average molecular weight is 633 g/mol. The molecule has 4 aromatic rings. The Labute approximate surface area is 265 Å². The van der Waals surface area contributed by atoms with Gasteiger partial charge in [0.05, 0.1) is 0 Å². The van der Waals surface area contributed by atoms with Gasteiger partial charge in [-0.2, -0.15) is 0 Å². The molecule has 0 radical (unpaired) electrons. The van der Waals surface area contributed by atoms with Crippen LogP contribution in [0.1, 0.15) is 28.8 Å². The first-order valence-electron chi connectivity index (χ1n) is 14.8. The maximum Gasteiger partial charge on any atom is 0.573 e. The van der Waals surface area contributed by atoms with E-state index in [0.717, 1.165) is 16.9 Å². The first-order valence-corrected chi connectivity index (χ1v) is 14.8. The number of anilines is 3. The lowest BCUT2D eigenvalue weighted by atomic mass is 9.94.